The number of nitrogens with zero attached hydrogens (tertiary/aromatic N) is 1. The number of carbonyl (C=O) groups excluding carboxylic acids is 1. The van der Waals surface area contributed by atoms with Crippen molar-refractivity contribution in [2.45, 2.75) is 13.5 Å². The van der Waals surface area contributed by atoms with Crippen LogP contribution in [0, 0.1) is 0 Å². The van der Waals surface area contributed by atoms with E-state index in [9.17, 15) is 9.59 Å². The summed E-state index contributed by atoms with van der Waals surface area (Å²) in [5.74, 6) is -2.15. The van der Waals surface area contributed by atoms with Crippen LogP contribution in [0.15, 0.2) is 23.4 Å². The second-order valence-electron chi connectivity index (χ2n) is 3.27. The van der Waals surface area contributed by atoms with Crippen LogP contribution in [0.4, 0.5) is 0 Å². The molecule has 5 nitrogen and oxygen atoms in total. The van der Waals surface area contributed by atoms with Gasteiger partial charge in [0, 0.05) is 22.5 Å². The van der Waals surface area contributed by atoms with Gasteiger partial charge in [0.15, 0.2) is 5.78 Å². The number of rotatable bonds is 5. The van der Waals surface area contributed by atoms with E-state index in [4.69, 9.17) is 33.1 Å². The number of ketones is 1. The predicted octanol–water partition coefficient (Wildman–Crippen LogP) is 2.54. The van der Waals surface area contributed by atoms with Crippen LogP contribution in [0.3, 0.4) is 0 Å². The van der Waals surface area contributed by atoms with Crippen LogP contribution >= 0.6 is 23.2 Å². The third-order valence-corrected chi connectivity index (χ3v) is 2.67. The Morgan fingerprint density at radius 3 is 2.33 bits per heavy atom. The summed E-state index contributed by atoms with van der Waals surface area (Å²) < 4.78 is 0. The van der Waals surface area contributed by atoms with Gasteiger partial charge in [-0.15, -0.1) is 0 Å². The Balaban J connectivity index is 2.80. The molecule has 96 valence electrons. The van der Waals surface area contributed by atoms with Gasteiger partial charge < -0.3 is 9.94 Å². The van der Waals surface area contributed by atoms with E-state index >= 15 is 0 Å². The Morgan fingerprint density at radius 1 is 1.33 bits per heavy atom. The number of Topliss-reactive ketones (excluding diaryl/α,β-unsaturated/α-hetero) is 1. The van der Waals surface area contributed by atoms with Crippen LogP contribution < -0.4 is 0 Å². The summed E-state index contributed by atoms with van der Waals surface area (Å²) in [5.41, 5.74) is -0.212. The predicted molar refractivity (Wildman–Crippen MR) is 67.0 cm³/mol. The van der Waals surface area contributed by atoms with Gasteiger partial charge in [0.05, 0.1) is 0 Å². The van der Waals surface area contributed by atoms with E-state index in [0.29, 0.717) is 15.6 Å². The number of oxime groups is 1. The number of carbonyl (C=O) groups is 2. The molecule has 0 amide bonds. The first-order chi connectivity index (χ1) is 8.43. The fourth-order valence-electron chi connectivity index (χ4n) is 1.09. The van der Waals surface area contributed by atoms with E-state index in [1.54, 1.807) is 18.2 Å². The highest BCUT2D eigenvalue weighted by atomic mass is 35.5. The largest absolute Gasteiger partial charge is 0.476 e. The van der Waals surface area contributed by atoms with Gasteiger partial charge in [-0.2, -0.15) is 0 Å². The molecule has 1 aromatic rings. The molecule has 1 rings (SSSR count). The Kier molecular flexibility index (Phi) is 5.12. The van der Waals surface area contributed by atoms with E-state index in [2.05, 4.69) is 5.16 Å². The first-order valence-corrected chi connectivity index (χ1v) is 5.56. The van der Waals surface area contributed by atoms with Crippen molar-refractivity contribution >= 4 is 40.7 Å². The van der Waals surface area contributed by atoms with E-state index < -0.39 is 17.5 Å². The molecule has 0 aliphatic heterocycles. The van der Waals surface area contributed by atoms with Gasteiger partial charge in [-0.05, 0) is 12.1 Å². The van der Waals surface area contributed by atoms with Crippen molar-refractivity contribution < 1.29 is 19.5 Å². The van der Waals surface area contributed by atoms with Crippen LogP contribution in [0.2, 0.25) is 10.0 Å². The number of halogens is 2. The summed E-state index contributed by atoms with van der Waals surface area (Å²) in [7, 11) is 0. The first-order valence-electron chi connectivity index (χ1n) is 4.80. The lowest BCUT2D eigenvalue weighted by Crippen LogP contribution is -2.21. The van der Waals surface area contributed by atoms with Crippen molar-refractivity contribution in [3.05, 3.63) is 33.8 Å². The van der Waals surface area contributed by atoms with Crippen LogP contribution in [-0.2, 0) is 21.0 Å². The Hall–Kier alpha value is -1.59. The molecule has 0 radical (unpaired) electrons. The maximum absolute atomic E-state index is 10.9. The van der Waals surface area contributed by atoms with Crippen LogP contribution in [-0.4, -0.2) is 22.6 Å². The molecule has 0 bridgehead atoms. The minimum Gasteiger partial charge on any atom is -0.476 e. The van der Waals surface area contributed by atoms with Crippen molar-refractivity contribution in [2.75, 3.05) is 0 Å². The second kappa shape index (κ2) is 6.37. The molecular formula is C11H9Cl2NO4. The van der Waals surface area contributed by atoms with Gasteiger partial charge in [0.1, 0.15) is 6.61 Å². The summed E-state index contributed by atoms with van der Waals surface area (Å²) in [6.07, 6.45) is 0. The number of hydrogen-bond acceptors (Lipinski definition) is 4. The highest BCUT2D eigenvalue weighted by Crippen LogP contribution is 2.24. The highest BCUT2D eigenvalue weighted by molar-refractivity contribution is 6.63. The number of carboxylic acid groups (broad SMARTS) is 1. The van der Waals surface area contributed by atoms with Gasteiger partial charge in [-0.25, -0.2) is 4.79 Å². The summed E-state index contributed by atoms with van der Waals surface area (Å²) in [4.78, 5) is 26.3. The summed E-state index contributed by atoms with van der Waals surface area (Å²) in [5, 5.41) is 12.7. The van der Waals surface area contributed by atoms with Crippen LogP contribution in [0.25, 0.3) is 0 Å². The monoisotopic (exact) mass is 289 g/mol. The molecule has 0 aliphatic carbocycles. The minimum absolute atomic E-state index is 0.122. The Morgan fingerprint density at radius 2 is 1.89 bits per heavy atom. The fraction of sp³-hybridized carbons (Fsp3) is 0.182. The molecule has 7 heteroatoms. The fourth-order valence-corrected chi connectivity index (χ4v) is 1.59. The molecule has 18 heavy (non-hydrogen) atoms. The third-order valence-electron chi connectivity index (χ3n) is 1.96. The first kappa shape index (κ1) is 14.5. The molecular weight excluding hydrogens is 281 g/mol. The number of hydrogen-bond donors (Lipinski definition) is 1. The molecule has 0 fully saturated rings. The van der Waals surface area contributed by atoms with E-state index in [0.717, 1.165) is 6.92 Å². The van der Waals surface area contributed by atoms with Gasteiger partial charge in [0.25, 0.3) is 0 Å². The lowest BCUT2D eigenvalue weighted by atomic mass is 10.2. The van der Waals surface area contributed by atoms with E-state index in [-0.39, 0.29) is 6.61 Å². The van der Waals surface area contributed by atoms with E-state index in [1.165, 1.54) is 0 Å². The van der Waals surface area contributed by atoms with Crippen LogP contribution in [0.1, 0.15) is 12.5 Å². The van der Waals surface area contributed by atoms with Crippen molar-refractivity contribution in [3.8, 4) is 0 Å². The SMILES string of the molecule is CC(=O)C(=NOCc1c(Cl)cccc1Cl)C(=O)O. The molecule has 0 saturated heterocycles. The molecule has 1 aromatic carbocycles. The van der Waals surface area contributed by atoms with E-state index in [1.807, 2.05) is 0 Å². The molecule has 0 unspecified atom stereocenters. The molecule has 0 spiro atoms. The molecule has 0 aromatic heterocycles. The Bertz CT molecular complexity index is 478. The molecule has 0 heterocycles. The highest BCUT2D eigenvalue weighted by Gasteiger charge is 2.16. The topological polar surface area (TPSA) is 76.0 Å². The maximum atomic E-state index is 10.9. The smallest absolute Gasteiger partial charge is 0.361 e. The zero-order valence-electron chi connectivity index (χ0n) is 9.31. The zero-order chi connectivity index (χ0) is 13.7. The van der Waals surface area contributed by atoms with Gasteiger partial charge in [0.2, 0.25) is 5.71 Å². The van der Waals surface area contributed by atoms with Gasteiger partial charge in [-0.1, -0.05) is 34.4 Å². The summed E-state index contributed by atoms with van der Waals surface area (Å²) in [6, 6.07) is 4.88. The van der Waals surface area contributed by atoms with Crippen LogP contribution in [0.5, 0.6) is 0 Å². The minimum atomic E-state index is -1.45. The van der Waals surface area contributed by atoms with Crippen molar-refractivity contribution in [1.29, 1.82) is 0 Å². The normalized spacial score (nSPS) is 11.2. The van der Waals surface area contributed by atoms with Crippen molar-refractivity contribution in [3.63, 3.8) is 0 Å². The lowest BCUT2D eigenvalue weighted by molar-refractivity contribution is -0.130. The number of aliphatic carboxylic acids is 1. The molecule has 1 N–H and O–H groups in total. The quantitative estimate of drug-likeness (QED) is 0.513. The number of carboxylic acids is 1. The molecule has 0 atom stereocenters. The third kappa shape index (κ3) is 3.72. The van der Waals surface area contributed by atoms with Crippen molar-refractivity contribution in [1.82, 2.24) is 0 Å². The zero-order valence-corrected chi connectivity index (χ0v) is 10.8. The summed E-state index contributed by atoms with van der Waals surface area (Å²) in [6.45, 7) is 0.960. The van der Waals surface area contributed by atoms with Crippen molar-refractivity contribution in [2.24, 2.45) is 5.16 Å². The van der Waals surface area contributed by atoms with Gasteiger partial charge in [-0.3, -0.25) is 4.79 Å². The standard InChI is InChI=1S/C11H9Cl2NO4/c1-6(15)10(11(16)17)14-18-5-7-8(12)3-2-4-9(7)13/h2-4H,5H2,1H3,(H,16,17). The lowest BCUT2D eigenvalue weighted by Gasteiger charge is -2.05. The number of benzene rings is 1. The second-order valence-corrected chi connectivity index (χ2v) is 4.09. The average Bonchev–Trinajstić information content (AvgIpc) is 2.26. The average molecular weight is 290 g/mol. The van der Waals surface area contributed by atoms with Gasteiger partial charge >= 0.3 is 5.97 Å². The Labute approximate surface area is 113 Å². The molecule has 0 saturated carbocycles. The summed E-state index contributed by atoms with van der Waals surface area (Å²) >= 11 is 11.7. The molecule has 0 aliphatic rings. The maximum Gasteiger partial charge on any atom is 0.361 e.